The molecule has 0 spiro atoms. The third kappa shape index (κ3) is 4.46. The Morgan fingerprint density at radius 3 is 2.62 bits per heavy atom. The van der Waals surface area contributed by atoms with Gasteiger partial charge in [-0.05, 0) is 29.3 Å². The molecule has 0 bridgehead atoms. The van der Waals surface area contributed by atoms with E-state index in [-0.39, 0.29) is 11.8 Å². The van der Waals surface area contributed by atoms with Crippen molar-refractivity contribution < 1.29 is 9.59 Å². The minimum absolute atomic E-state index is 0.183. The van der Waals surface area contributed by atoms with Crippen LogP contribution in [0.4, 0.5) is 0 Å². The van der Waals surface area contributed by atoms with Gasteiger partial charge in [-0.15, -0.1) is 0 Å². The van der Waals surface area contributed by atoms with Gasteiger partial charge in [0, 0.05) is 23.1 Å². The highest BCUT2D eigenvalue weighted by Gasteiger charge is 2.40. The normalized spacial score (nSPS) is 19.8. The van der Waals surface area contributed by atoms with Gasteiger partial charge in [0.25, 0.3) is 5.91 Å². The second-order valence-electron chi connectivity index (χ2n) is 5.90. The Hall–Kier alpha value is -2.73. The Morgan fingerprint density at radius 2 is 1.88 bits per heavy atom. The molecule has 6 heteroatoms. The van der Waals surface area contributed by atoms with E-state index < -0.39 is 11.8 Å². The first-order chi connectivity index (χ1) is 12.6. The molecule has 2 unspecified atom stereocenters. The summed E-state index contributed by atoms with van der Waals surface area (Å²) in [6, 6.07) is 17.4. The van der Waals surface area contributed by atoms with Crippen molar-refractivity contribution in [1.29, 1.82) is 0 Å². The largest absolute Gasteiger partial charge is 0.355 e. The molecule has 0 aromatic heterocycles. The van der Waals surface area contributed by atoms with Crippen LogP contribution in [0, 0.1) is 5.92 Å². The Labute approximate surface area is 160 Å². The molecule has 2 N–H and O–H groups in total. The van der Waals surface area contributed by atoms with E-state index in [1.54, 1.807) is 6.08 Å². The summed E-state index contributed by atoms with van der Waals surface area (Å²) < 4.78 is 1.01. The molecule has 2 aromatic carbocycles. The second-order valence-corrected chi connectivity index (χ2v) is 6.82. The Kier molecular flexibility index (Phi) is 5.96. The molecule has 26 heavy (non-hydrogen) atoms. The van der Waals surface area contributed by atoms with Gasteiger partial charge in [0.15, 0.2) is 0 Å². The lowest BCUT2D eigenvalue weighted by molar-refractivity contribution is -0.133. The van der Waals surface area contributed by atoms with Crippen molar-refractivity contribution in [1.82, 2.24) is 10.7 Å². The van der Waals surface area contributed by atoms with E-state index in [9.17, 15) is 9.59 Å². The molecule has 132 valence electrons. The molecule has 0 radical (unpaired) electrons. The first kappa shape index (κ1) is 18.1. The van der Waals surface area contributed by atoms with Gasteiger partial charge in [-0.25, -0.2) is 5.43 Å². The van der Waals surface area contributed by atoms with E-state index in [0.717, 1.165) is 15.6 Å². The first-order valence-corrected chi connectivity index (χ1v) is 9.02. The predicted octanol–water partition coefficient (Wildman–Crippen LogP) is 3.09. The highest BCUT2D eigenvalue weighted by Crippen LogP contribution is 2.28. The predicted molar refractivity (Wildman–Crippen MR) is 105 cm³/mol. The summed E-state index contributed by atoms with van der Waals surface area (Å²) in [6.45, 7) is 0.452. The molecule has 2 aromatic rings. The molecule has 1 aliphatic rings. The average molecular weight is 412 g/mol. The summed E-state index contributed by atoms with van der Waals surface area (Å²) in [7, 11) is 0. The van der Waals surface area contributed by atoms with Crippen molar-refractivity contribution in [2.24, 2.45) is 11.0 Å². The maximum absolute atomic E-state index is 12.4. The molecular weight excluding hydrogens is 394 g/mol. The van der Waals surface area contributed by atoms with E-state index in [1.165, 1.54) is 6.21 Å². The van der Waals surface area contributed by atoms with Crippen LogP contribution < -0.4 is 10.7 Å². The van der Waals surface area contributed by atoms with Gasteiger partial charge in [-0.3, -0.25) is 9.59 Å². The second kappa shape index (κ2) is 8.58. The summed E-state index contributed by atoms with van der Waals surface area (Å²) in [5, 5.41) is 6.67. The third-order valence-corrected chi connectivity index (χ3v) is 4.71. The van der Waals surface area contributed by atoms with Crippen LogP contribution in [0.3, 0.4) is 0 Å². The molecule has 5 nitrogen and oxygen atoms in total. The van der Waals surface area contributed by atoms with Gasteiger partial charge in [0.1, 0.15) is 5.92 Å². The minimum atomic E-state index is -0.773. The molecule has 1 fully saturated rings. The molecule has 2 atom stereocenters. The van der Waals surface area contributed by atoms with Crippen LogP contribution in [0.25, 0.3) is 6.08 Å². The zero-order valence-corrected chi connectivity index (χ0v) is 15.5. The standard InChI is InChI=1S/C20H18BrN3O2/c21-16-10-8-14(9-11-16)5-4-12-23-24-20(26)18-17(13-22-19(18)25)15-6-2-1-3-7-15/h1-12,17-18H,13H2,(H,22,25)(H,24,26)/b5-4+,23-12-. The van der Waals surface area contributed by atoms with Crippen LogP contribution in [0.1, 0.15) is 17.0 Å². The molecule has 0 aliphatic carbocycles. The van der Waals surface area contributed by atoms with Crippen LogP contribution in [0.5, 0.6) is 0 Å². The number of allylic oxidation sites excluding steroid dienone is 1. The van der Waals surface area contributed by atoms with E-state index >= 15 is 0 Å². The molecular formula is C20H18BrN3O2. The number of benzene rings is 2. The number of halogens is 1. The fraction of sp³-hybridized carbons (Fsp3) is 0.150. The van der Waals surface area contributed by atoms with E-state index in [2.05, 4.69) is 31.8 Å². The monoisotopic (exact) mass is 411 g/mol. The molecule has 0 saturated carbocycles. The summed E-state index contributed by atoms with van der Waals surface area (Å²) in [4.78, 5) is 24.5. The zero-order valence-electron chi connectivity index (χ0n) is 13.9. The highest BCUT2D eigenvalue weighted by atomic mass is 79.9. The number of rotatable bonds is 5. The maximum atomic E-state index is 12.4. The smallest absolute Gasteiger partial charge is 0.253 e. The molecule has 3 rings (SSSR count). The number of hydrogen-bond acceptors (Lipinski definition) is 3. The van der Waals surface area contributed by atoms with Gasteiger partial charge in [0.2, 0.25) is 5.91 Å². The number of nitrogens with zero attached hydrogens (tertiary/aromatic N) is 1. The van der Waals surface area contributed by atoms with Crippen molar-refractivity contribution in [3.05, 3.63) is 76.3 Å². The number of carbonyl (C=O) groups excluding carboxylic acids is 2. The van der Waals surface area contributed by atoms with Crippen molar-refractivity contribution in [3.8, 4) is 0 Å². The lowest BCUT2D eigenvalue weighted by atomic mass is 9.88. The van der Waals surface area contributed by atoms with Crippen LogP contribution in [-0.4, -0.2) is 24.6 Å². The Bertz CT molecular complexity index is 832. The van der Waals surface area contributed by atoms with Gasteiger partial charge < -0.3 is 5.32 Å². The Morgan fingerprint density at radius 1 is 1.15 bits per heavy atom. The first-order valence-electron chi connectivity index (χ1n) is 8.23. The quantitative estimate of drug-likeness (QED) is 0.450. The van der Waals surface area contributed by atoms with Gasteiger partial charge in [0.05, 0.1) is 0 Å². The maximum Gasteiger partial charge on any atom is 0.253 e. The zero-order chi connectivity index (χ0) is 18.4. The van der Waals surface area contributed by atoms with Crippen molar-refractivity contribution in [3.63, 3.8) is 0 Å². The number of hydrogen-bond donors (Lipinski definition) is 2. The van der Waals surface area contributed by atoms with Crippen LogP contribution in [0.15, 0.2) is 70.2 Å². The number of nitrogens with one attached hydrogen (secondary N) is 2. The van der Waals surface area contributed by atoms with Crippen LogP contribution in [0.2, 0.25) is 0 Å². The van der Waals surface area contributed by atoms with E-state index in [0.29, 0.717) is 6.54 Å². The fourth-order valence-electron chi connectivity index (χ4n) is 2.87. The fourth-order valence-corrected chi connectivity index (χ4v) is 3.14. The lowest BCUT2D eigenvalue weighted by Gasteiger charge is -2.15. The van der Waals surface area contributed by atoms with Gasteiger partial charge in [-0.2, -0.15) is 5.10 Å². The molecule has 1 heterocycles. The van der Waals surface area contributed by atoms with Gasteiger partial charge in [-0.1, -0.05) is 64.5 Å². The summed E-state index contributed by atoms with van der Waals surface area (Å²) in [5.41, 5.74) is 4.44. The third-order valence-electron chi connectivity index (χ3n) is 4.19. The number of hydrazone groups is 1. The SMILES string of the molecule is O=C1NCC(c2ccccc2)C1C(=O)N/N=C\C=C\c1ccc(Br)cc1. The highest BCUT2D eigenvalue weighted by molar-refractivity contribution is 9.10. The number of carbonyl (C=O) groups is 2. The lowest BCUT2D eigenvalue weighted by Crippen LogP contribution is -2.34. The Balaban J connectivity index is 1.59. The summed E-state index contributed by atoms with van der Waals surface area (Å²) in [5.74, 6) is -1.62. The summed E-state index contributed by atoms with van der Waals surface area (Å²) in [6.07, 6.45) is 5.09. The average Bonchev–Trinajstić information content (AvgIpc) is 3.05. The van der Waals surface area contributed by atoms with Crippen molar-refractivity contribution >= 4 is 40.0 Å². The topological polar surface area (TPSA) is 70.6 Å². The van der Waals surface area contributed by atoms with Crippen LogP contribution in [-0.2, 0) is 9.59 Å². The molecule has 1 aliphatic heterocycles. The van der Waals surface area contributed by atoms with Crippen LogP contribution >= 0.6 is 15.9 Å². The van der Waals surface area contributed by atoms with E-state index in [1.807, 2.05) is 60.7 Å². The minimum Gasteiger partial charge on any atom is -0.355 e. The van der Waals surface area contributed by atoms with Crippen molar-refractivity contribution in [2.45, 2.75) is 5.92 Å². The van der Waals surface area contributed by atoms with Gasteiger partial charge >= 0.3 is 0 Å². The molecule has 1 saturated heterocycles. The molecule has 2 amide bonds. The number of amides is 2. The summed E-state index contributed by atoms with van der Waals surface area (Å²) >= 11 is 3.38. The van der Waals surface area contributed by atoms with E-state index in [4.69, 9.17) is 0 Å². The van der Waals surface area contributed by atoms with Crippen molar-refractivity contribution in [2.75, 3.05) is 6.54 Å².